The summed E-state index contributed by atoms with van der Waals surface area (Å²) in [7, 11) is 0. The number of hydrogen-bond acceptors (Lipinski definition) is 4. The number of rotatable bonds is 5. The third-order valence-corrected chi connectivity index (χ3v) is 4.44. The Bertz CT molecular complexity index is 963. The fraction of sp³-hybridized carbons (Fsp3) is 0.158. The van der Waals surface area contributed by atoms with E-state index in [1.54, 1.807) is 12.3 Å². The number of furan rings is 1. The Labute approximate surface area is 167 Å². The van der Waals surface area contributed by atoms with Crippen molar-refractivity contribution >= 4 is 55.0 Å². The van der Waals surface area contributed by atoms with Gasteiger partial charge in [-0.1, -0.05) is 15.9 Å². The molecule has 1 amide bonds. The van der Waals surface area contributed by atoms with E-state index in [4.69, 9.17) is 9.15 Å². The molecule has 0 aliphatic heterocycles. The summed E-state index contributed by atoms with van der Waals surface area (Å²) < 4.78 is 12.9. The molecular formula is C19H16Br2N2O3. The predicted octanol–water partition coefficient (Wildman–Crippen LogP) is 5.51. The summed E-state index contributed by atoms with van der Waals surface area (Å²) >= 11 is 6.83. The smallest absolute Gasteiger partial charge is 0.307 e. The largest absolute Gasteiger partial charge is 0.491 e. The van der Waals surface area contributed by atoms with Crippen molar-refractivity contribution in [2.24, 2.45) is 5.10 Å². The molecule has 134 valence electrons. The molecule has 0 atom stereocenters. The van der Waals surface area contributed by atoms with Gasteiger partial charge in [0.15, 0.2) is 5.76 Å². The maximum absolute atomic E-state index is 12.2. The van der Waals surface area contributed by atoms with Crippen LogP contribution in [0.15, 0.2) is 60.9 Å². The van der Waals surface area contributed by atoms with E-state index in [2.05, 4.69) is 42.4 Å². The molecule has 0 aliphatic rings. The van der Waals surface area contributed by atoms with Crippen molar-refractivity contribution in [2.45, 2.75) is 20.0 Å². The highest BCUT2D eigenvalue weighted by molar-refractivity contribution is 9.11. The first kappa shape index (κ1) is 18.7. The van der Waals surface area contributed by atoms with Crippen LogP contribution >= 0.6 is 31.9 Å². The van der Waals surface area contributed by atoms with Crippen molar-refractivity contribution in [1.29, 1.82) is 0 Å². The number of amides is 1. The van der Waals surface area contributed by atoms with Crippen LogP contribution in [0.2, 0.25) is 0 Å². The highest BCUT2D eigenvalue weighted by Gasteiger charge is 2.14. The Hall–Kier alpha value is -2.12. The van der Waals surface area contributed by atoms with E-state index in [9.17, 15) is 4.79 Å². The van der Waals surface area contributed by atoms with Gasteiger partial charge in [0, 0.05) is 9.86 Å². The van der Waals surface area contributed by atoms with Crippen LogP contribution in [0.25, 0.3) is 11.0 Å². The van der Waals surface area contributed by atoms with Gasteiger partial charge in [-0.15, -0.1) is 0 Å². The van der Waals surface area contributed by atoms with Gasteiger partial charge in [0.2, 0.25) is 0 Å². The molecule has 3 rings (SSSR count). The topological polar surface area (TPSA) is 63.8 Å². The molecule has 5 nitrogen and oxygen atoms in total. The van der Waals surface area contributed by atoms with Crippen LogP contribution in [0.5, 0.6) is 5.75 Å². The number of carbonyl (C=O) groups excluding carboxylic acids is 1. The van der Waals surface area contributed by atoms with Gasteiger partial charge in [-0.3, -0.25) is 4.79 Å². The fourth-order valence-corrected chi connectivity index (χ4v) is 3.65. The molecule has 3 aromatic rings. The molecule has 0 saturated heterocycles. The third kappa shape index (κ3) is 4.53. The van der Waals surface area contributed by atoms with Crippen LogP contribution in [-0.2, 0) is 0 Å². The van der Waals surface area contributed by atoms with Gasteiger partial charge in [-0.2, -0.15) is 5.10 Å². The minimum absolute atomic E-state index is 0.123. The standard InChI is InChI=1S/C19H16Br2N2O3/c1-11(2)25-15-5-3-12(4-6-15)10-22-23-19(24)17-8-13-7-14(20)9-16(21)18(13)26-17/h3-11H,1-2H3,(H,23,24)/b22-10-. The summed E-state index contributed by atoms with van der Waals surface area (Å²) in [5.74, 6) is 0.567. The molecule has 0 unspecified atom stereocenters. The lowest BCUT2D eigenvalue weighted by atomic mass is 10.2. The molecule has 0 bridgehead atoms. The van der Waals surface area contributed by atoms with Gasteiger partial charge in [0.05, 0.1) is 16.8 Å². The summed E-state index contributed by atoms with van der Waals surface area (Å²) in [6, 6.07) is 12.9. The van der Waals surface area contributed by atoms with Gasteiger partial charge in [-0.05, 0) is 77.8 Å². The third-order valence-electron chi connectivity index (χ3n) is 3.39. The van der Waals surface area contributed by atoms with Crippen LogP contribution in [-0.4, -0.2) is 18.2 Å². The first-order chi connectivity index (χ1) is 12.4. The number of nitrogens with one attached hydrogen (secondary N) is 1. The Balaban J connectivity index is 1.66. The van der Waals surface area contributed by atoms with E-state index in [0.29, 0.717) is 5.58 Å². The van der Waals surface area contributed by atoms with Crippen LogP contribution in [0.4, 0.5) is 0 Å². The molecule has 7 heteroatoms. The van der Waals surface area contributed by atoms with Crippen LogP contribution in [0.3, 0.4) is 0 Å². The summed E-state index contributed by atoms with van der Waals surface area (Å²) in [4.78, 5) is 12.2. The van der Waals surface area contributed by atoms with Crippen LogP contribution in [0, 0.1) is 0 Å². The molecule has 1 aromatic heterocycles. The van der Waals surface area contributed by atoms with Gasteiger partial charge in [0.25, 0.3) is 0 Å². The van der Waals surface area contributed by atoms with Gasteiger partial charge in [0.1, 0.15) is 11.3 Å². The minimum atomic E-state index is -0.416. The van der Waals surface area contributed by atoms with Crippen LogP contribution in [0.1, 0.15) is 30.0 Å². The minimum Gasteiger partial charge on any atom is -0.491 e. The first-order valence-electron chi connectivity index (χ1n) is 7.91. The molecule has 0 aliphatic carbocycles. The Morgan fingerprint density at radius 2 is 1.92 bits per heavy atom. The predicted molar refractivity (Wildman–Crippen MR) is 109 cm³/mol. The molecule has 0 saturated carbocycles. The van der Waals surface area contributed by atoms with Crippen LogP contribution < -0.4 is 10.2 Å². The molecule has 1 heterocycles. The molecule has 26 heavy (non-hydrogen) atoms. The number of halogens is 2. The van der Waals surface area contributed by atoms with Crippen molar-refractivity contribution < 1.29 is 13.9 Å². The van der Waals surface area contributed by atoms with Gasteiger partial charge >= 0.3 is 5.91 Å². The van der Waals surface area contributed by atoms with E-state index < -0.39 is 5.91 Å². The summed E-state index contributed by atoms with van der Waals surface area (Å²) in [6.45, 7) is 3.94. The number of carbonyl (C=O) groups is 1. The Morgan fingerprint density at radius 1 is 1.19 bits per heavy atom. The van der Waals surface area contributed by atoms with Crippen molar-refractivity contribution in [3.63, 3.8) is 0 Å². The average molecular weight is 480 g/mol. The number of ether oxygens (including phenoxy) is 1. The number of fused-ring (bicyclic) bond motifs is 1. The highest BCUT2D eigenvalue weighted by atomic mass is 79.9. The van der Waals surface area contributed by atoms with Crippen molar-refractivity contribution in [2.75, 3.05) is 0 Å². The van der Waals surface area contributed by atoms with E-state index in [1.165, 1.54) is 0 Å². The molecule has 1 N–H and O–H groups in total. The van der Waals surface area contributed by atoms with Crippen molar-refractivity contribution in [3.8, 4) is 5.75 Å². The van der Waals surface area contributed by atoms with E-state index >= 15 is 0 Å². The zero-order chi connectivity index (χ0) is 18.7. The first-order valence-corrected chi connectivity index (χ1v) is 9.49. The highest BCUT2D eigenvalue weighted by Crippen LogP contribution is 2.30. The summed E-state index contributed by atoms with van der Waals surface area (Å²) in [5, 5.41) is 4.79. The molecule has 2 aromatic carbocycles. The normalized spacial score (nSPS) is 11.4. The number of nitrogens with zero attached hydrogens (tertiary/aromatic N) is 1. The van der Waals surface area contributed by atoms with E-state index in [0.717, 1.165) is 25.6 Å². The SMILES string of the molecule is CC(C)Oc1ccc(/C=N\NC(=O)c2cc3cc(Br)cc(Br)c3o2)cc1. The lowest BCUT2D eigenvalue weighted by Crippen LogP contribution is -2.16. The monoisotopic (exact) mass is 478 g/mol. The van der Waals surface area contributed by atoms with Gasteiger partial charge in [-0.25, -0.2) is 5.43 Å². The molecule has 0 radical (unpaired) electrons. The zero-order valence-corrected chi connectivity index (χ0v) is 17.3. The second-order valence-electron chi connectivity index (χ2n) is 5.85. The maximum Gasteiger partial charge on any atom is 0.307 e. The maximum atomic E-state index is 12.2. The molecule has 0 fully saturated rings. The van der Waals surface area contributed by atoms with E-state index in [-0.39, 0.29) is 11.9 Å². The quantitative estimate of drug-likeness (QED) is 0.387. The van der Waals surface area contributed by atoms with Crippen molar-refractivity contribution in [1.82, 2.24) is 5.43 Å². The zero-order valence-electron chi connectivity index (χ0n) is 14.1. The Kier molecular flexibility index (Phi) is 5.78. The second-order valence-corrected chi connectivity index (χ2v) is 7.62. The molecule has 0 spiro atoms. The number of hydrogen-bond donors (Lipinski definition) is 1. The van der Waals surface area contributed by atoms with Crippen molar-refractivity contribution in [3.05, 3.63) is 62.7 Å². The summed E-state index contributed by atoms with van der Waals surface area (Å²) in [5.41, 5.74) is 3.93. The average Bonchev–Trinajstić information content (AvgIpc) is 3.00. The second kappa shape index (κ2) is 8.05. The lowest BCUT2D eigenvalue weighted by molar-refractivity contribution is 0.0929. The number of hydrazone groups is 1. The fourth-order valence-electron chi connectivity index (χ4n) is 2.31. The molecular weight excluding hydrogens is 464 g/mol. The lowest BCUT2D eigenvalue weighted by Gasteiger charge is -2.08. The Morgan fingerprint density at radius 3 is 2.62 bits per heavy atom. The summed E-state index contributed by atoms with van der Waals surface area (Å²) in [6.07, 6.45) is 1.69. The van der Waals surface area contributed by atoms with E-state index in [1.807, 2.05) is 50.2 Å². The van der Waals surface area contributed by atoms with Gasteiger partial charge < -0.3 is 9.15 Å². The number of benzene rings is 2.